The first-order chi connectivity index (χ1) is 9.17. The van der Waals surface area contributed by atoms with Crippen molar-refractivity contribution in [2.45, 2.75) is 13.3 Å². The van der Waals surface area contributed by atoms with Crippen molar-refractivity contribution in [3.8, 4) is 0 Å². The normalized spacial score (nSPS) is 11.8. The molecule has 5 heteroatoms. The Bertz CT molecular complexity index is 609. The lowest BCUT2D eigenvalue weighted by atomic mass is 10.1. The number of nitrogens with two attached hydrogens (primary N) is 1. The van der Waals surface area contributed by atoms with Gasteiger partial charge >= 0.3 is 0 Å². The molecule has 0 bridgehead atoms. The van der Waals surface area contributed by atoms with E-state index >= 15 is 0 Å². The molecule has 1 heterocycles. The average molecular weight is 258 g/mol. The van der Waals surface area contributed by atoms with E-state index in [1.807, 2.05) is 37.4 Å². The van der Waals surface area contributed by atoms with E-state index in [0.717, 1.165) is 29.7 Å². The summed E-state index contributed by atoms with van der Waals surface area (Å²) in [6, 6.07) is 9.53. The summed E-state index contributed by atoms with van der Waals surface area (Å²) in [7, 11) is 1.98. The van der Waals surface area contributed by atoms with Crippen LogP contribution in [0.4, 0.5) is 5.82 Å². The Kier molecular flexibility index (Phi) is 3.85. The lowest BCUT2D eigenvalue weighted by Crippen LogP contribution is -2.21. The summed E-state index contributed by atoms with van der Waals surface area (Å²) in [4.78, 5) is 6.66. The molecule has 0 spiro atoms. The van der Waals surface area contributed by atoms with E-state index in [2.05, 4.69) is 22.0 Å². The number of anilines is 1. The van der Waals surface area contributed by atoms with Gasteiger partial charge in [-0.1, -0.05) is 30.3 Å². The molecule has 3 N–H and O–H groups in total. The molecule has 0 unspecified atom stereocenters. The minimum Gasteiger partial charge on any atom is -0.409 e. The van der Waals surface area contributed by atoms with Crippen LogP contribution in [-0.4, -0.2) is 29.6 Å². The largest absolute Gasteiger partial charge is 0.409 e. The summed E-state index contributed by atoms with van der Waals surface area (Å²) >= 11 is 0. The predicted molar refractivity (Wildman–Crippen MR) is 77.8 cm³/mol. The van der Waals surface area contributed by atoms with Crippen molar-refractivity contribution in [2.24, 2.45) is 10.9 Å². The molecule has 0 atom stereocenters. The molecule has 5 nitrogen and oxygen atoms in total. The van der Waals surface area contributed by atoms with Gasteiger partial charge in [-0.25, -0.2) is 4.98 Å². The third kappa shape index (κ3) is 2.59. The molecule has 0 aliphatic rings. The third-order valence-corrected chi connectivity index (χ3v) is 3.04. The maximum atomic E-state index is 8.91. The second kappa shape index (κ2) is 5.56. The van der Waals surface area contributed by atoms with Crippen LogP contribution < -0.4 is 10.6 Å². The third-order valence-electron chi connectivity index (χ3n) is 3.04. The molecule has 100 valence electrons. The van der Waals surface area contributed by atoms with E-state index in [9.17, 15) is 0 Å². The summed E-state index contributed by atoms with van der Waals surface area (Å²) in [6.45, 7) is 3.02. The van der Waals surface area contributed by atoms with Crippen LogP contribution in [0.5, 0.6) is 0 Å². The minimum absolute atomic E-state index is 0.102. The van der Waals surface area contributed by atoms with Gasteiger partial charge in [-0.2, -0.15) is 0 Å². The van der Waals surface area contributed by atoms with Crippen molar-refractivity contribution < 1.29 is 5.21 Å². The first-order valence-electron chi connectivity index (χ1n) is 6.26. The fraction of sp³-hybridized carbons (Fsp3) is 0.286. The van der Waals surface area contributed by atoms with Crippen LogP contribution in [0, 0.1) is 0 Å². The fourth-order valence-corrected chi connectivity index (χ4v) is 2.07. The number of hydrogen-bond acceptors (Lipinski definition) is 4. The molecular weight excluding hydrogens is 240 g/mol. The van der Waals surface area contributed by atoms with Crippen LogP contribution in [0.1, 0.15) is 18.9 Å². The van der Waals surface area contributed by atoms with Crippen LogP contribution >= 0.6 is 0 Å². The zero-order chi connectivity index (χ0) is 13.8. The summed E-state index contributed by atoms with van der Waals surface area (Å²) < 4.78 is 0. The van der Waals surface area contributed by atoms with Crippen molar-refractivity contribution in [3.05, 3.63) is 35.9 Å². The van der Waals surface area contributed by atoms with Crippen molar-refractivity contribution in [3.63, 3.8) is 0 Å². The molecule has 2 aromatic rings. The van der Waals surface area contributed by atoms with E-state index in [4.69, 9.17) is 10.9 Å². The van der Waals surface area contributed by atoms with Gasteiger partial charge in [0.25, 0.3) is 0 Å². The highest BCUT2D eigenvalue weighted by Crippen LogP contribution is 2.22. The molecular formula is C14H18N4O. The van der Waals surface area contributed by atoms with Crippen molar-refractivity contribution in [2.75, 3.05) is 18.5 Å². The van der Waals surface area contributed by atoms with Gasteiger partial charge < -0.3 is 15.8 Å². The van der Waals surface area contributed by atoms with Crippen LogP contribution in [-0.2, 0) is 0 Å². The van der Waals surface area contributed by atoms with E-state index in [1.54, 1.807) is 0 Å². The maximum absolute atomic E-state index is 8.91. The highest BCUT2D eigenvalue weighted by Gasteiger charge is 2.11. The SMILES string of the molecule is CCCN(C)c1cc(C(N)=NO)c2ccccc2n1. The standard InChI is InChI=1S/C14H18N4O/c1-3-8-18(2)13-9-11(14(15)17-19)10-6-4-5-7-12(10)16-13/h4-7,9,19H,3,8H2,1-2H3,(H2,15,17). The molecule has 0 saturated carbocycles. The summed E-state index contributed by atoms with van der Waals surface area (Å²) in [5.41, 5.74) is 7.29. The first kappa shape index (κ1) is 13.1. The number of aromatic nitrogens is 1. The number of hydrogen-bond donors (Lipinski definition) is 2. The number of rotatable bonds is 4. The topological polar surface area (TPSA) is 74.7 Å². The molecule has 0 aliphatic carbocycles. The van der Waals surface area contributed by atoms with Gasteiger partial charge in [0.15, 0.2) is 5.84 Å². The molecule has 2 rings (SSSR count). The predicted octanol–water partition coefficient (Wildman–Crippen LogP) is 2.18. The van der Waals surface area contributed by atoms with Gasteiger partial charge in [-0.15, -0.1) is 0 Å². The molecule has 19 heavy (non-hydrogen) atoms. The summed E-state index contributed by atoms with van der Waals surface area (Å²) in [6.07, 6.45) is 1.03. The van der Waals surface area contributed by atoms with Gasteiger partial charge in [0, 0.05) is 24.5 Å². The number of nitrogens with zero attached hydrogens (tertiary/aromatic N) is 3. The number of benzene rings is 1. The number of oxime groups is 1. The smallest absolute Gasteiger partial charge is 0.170 e. The quantitative estimate of drug-likeness (QED) is 0.381. The lowest BCUT2D eigenvalue weighted by molar-refractivity contribution is 0.318. The molecule has 1 aromatic heterocycles. The Hall–Kier alpha value is -2.30. The number of fused-ring (bicyclic) bond motifs is 1. The Morgan fingerprint density at radius 1 is 1.42 bits per heavy atom. The Balaban J connectivity index is 2.63. The molecule has 1 aromatic carbocycles. The van der Waals surface area contributed by atoms with Gasteiger partial charge in [-0.05, 0) is 18.6 Å². The summed E-state index contributed by atoms with van der Waals surface area (Å²) in [5, 5.41) is 12.9. The van der Waals surface area contributed by atoms with Crippen LogP contribution in [0.15, 0.2) is 35.5 Å². The highest BCUT2D eigenvalue weighted by molar-refractivity contribution is 6.08. The number of para-hydroxylation sites is 1. The molecule has 0 amide bonds. The monoisotopic (exact) mass is 258 g/mol. The zero-order valence-corrected chi connectivity index (χ0v) is 11.2. The molecule has 0 aliphatic heterocycles. The van der Waals surface area contributed by atoms with Gasteiger partial charge in [-0.3, -0.25) is 0 Å². The zero-order valence-electron chi connectivity index (χ0n) is 11.2. The highest BCUT2D eigenvalue weighted by atomic mass is 16.4. The van der Waals surface area contributed by atoms with Crippen LogP contribution in [0.25, 0.3) is 10.9 Å². The van der Waals surface area contributed by atoms with E-state index in [1.165, 1.54) is 0 Å². The van der Waals surface area contributed by atoms with Crippen molar-refractivity contribution in [1.82, 2.24) is 4.98 Å². The summed E-state index contributed by atoms with van der Waals surface area (Å²) in [5.74, 6) is 0.923. The second-order valence-corrected chi connectivity index (χ2v) is 4.45. The number of pyridine rings is 1. The van der Waals surface area contributed by atoms with Crippen LogP contribution in [0.3, 0.4) is 0 Å². The van der Waals surface area contributed by atoms with E-state index in [0.29, 0.717) is 5.56 Å². The van der Waals surface area contributed by atoms with Crippen molar-refractivity contribution >= 4 is 22.6 Å². The maximum Gasteiger partial charge on any atom is 0.170 e. The lowest BCUT2D eigenvalue weighted by Gasteiger charge is -2.19. The Morgan fingerprint density at radius 3 is 2.84 bits per heavy atom. The first-order valence-corrected chi connectivity index (χ1v) is 6.26. The second-order valence-electron chi connectivity index (χ2n) is 4.45. The molecule has 0 radical (unpaired) electrons. The molecule has 0 saturated heterocycles. The van der Waals surface area contributed by atoms with E-state index in [-0.39, 0.29) is 5.84 Å². The fourth-order valence-electron chi connectivity index (χ4n) is 2.07. The van der Waals surface area contributed by atoms with Gasteiger partial charge in [0.1, 0.15) is 5.82 Å². The van der Waals surface area contributed by atoms with Gasteiger partial charge in [0.05, 0.1) is 5.52 Å². The number of amidine groups is 1. The Morgan fingerprint density at radius 2 is 2.16 bits per heavy atom. The van der Waals surface area contributed by atoms with Crippen LogP contribution in [0.2, 0.25) is 0 Å². The Labute approximate surface area is 112 Å². The van der Waals surface area contributed by atoms with Crippen molar-refractivity contribution in [1.29, 1.82) is 0 Å². The average Bonchev–Trinajstić information content (AvgIpc) is 2.45. The minimum atomic E-state index is 0.102. The van der Waals surface area contributed by atoms with E-state index < -0.39 is 0 Å². The van der Waals surface area contributed by atoms with Gasteiger partial charge in [0.2, 0.25) is 0 Å². The molecule has 0 fully saturated rings.